The summed E-state index contributed by atoms with van der Waals surface area (Å²) < 4.78 is 10.5. The third kappa shape index (κ3) is 5.37. The second-order valence-electron chi connectivity index (χ2n) is 5.31. The van der Waals surface area contributed by atoms with Crippen LogP contribution in [0.3, 0.4) is 0 Å². The van der Waals surface area contributed by atoms with E-state index in [9.17, 15) is 9.59 Å². The lowest BCUT2D eigenvalue weighted by Crippen LogP contribution is -2.46. The number of hydrogen-bond acceptors (Lipinski definition) is 4. The zero-order valence-corrected chi connectivity index (χ0v) is 12.7. The van der Waals surface area contributed by atoms with Gasteiger partial charge < -0.3 is 20.1 Å². The molecule has 1 fully saturated rings. The minimum Gasteiger partial charge on any atom is -0.445 e. The van der Waals surface area contributed by atoms with Gasteiger partial charge in [-0.3, -0.25) is 4.79 Å². The minimum absolute atomic E-state index is 0.0844. The van der Waals surface area contributed by atoms with Crippen molar-refractivity contribution >= 4 is 12.0 Å². The summed E-state index contributed by atoms with van der Waals surface area (Å²) in [7, 11) is 0. The topological polar surface area (TPSA) is 76.7 Å². The van der Waals surface area contributed by atoms with Crippen molar-refractivity contribution in [3.8, 4) is 0 Å². The number of carbonyl (C=O) groups is 2. The third-order valence-electron chi connectivity index (χ3n) is 3.47. The molecular formula is C16H22N2O4. The number of carbonyl (C=O) groups excluding carboxylic acids is 2. The lowest BCUT2D eigenvalue weighted by Gasteiger charge is -2.16. The summed E-state index contributed by atoms with van der Waals surface area (Å²) in [6.45, 7) is 3.02. The highest BCUT2D eigenvalue weighted by molar-refractivity contribution is 5.85. The maximum absolute atomic E-state index is 11.9. The lowest BCUT2D eigenvalue weighted by atomic mass is 10.2. The number of amides is 2. The Morgan fingerprint density at radius 1 is 1.36 bits per heavy atom. The molecule has 1 aromatic carbocycles. The number of nitrogens with one attached hydrogen (secondary N) is 2. The first-order valence-corrected chi connectivity index (χ1v) is 7.51. The van der Waals surface area contributed by atoms with Gasteiger partial charge in [-0.15, -0.1) is 0 Å². The molecule has 0 radical (unpaired) electrons. The molecule has 0 bridgehead atoms. The molecule has 1 aliphatic rings. The maximum atomic E-state index is 11.9. The van der Waals surface area contributed by atoms with Crippen molar-refractivity contribution in [1.82, 2.24) is 10.6 Å². The van der Waals surface area contributed by atoms with E-state index >= 15 is 0 Å². The van der Waals surface area contributed by atoms with Gasteiger partial charge in [0.05, 0.1) is 6.10 Å². The van der Waals surface area contributed by atoms with Crippen molar-refractivity contribution < 1.29 is 19.1 Å². The molecule has 0 aliphatic carbocycles. The second kappa shape index (κ2) is 8.38. The van der Waals surface area contributed by atoms with Gasteiger partial charge in [0, 0.05) is 13.2 Å². The third-order valence-corrected chi connectivity index (χ3v) is 3.47. The Balaban J connectivity index is 1.65. The van der Waals surface area contributed by atoms with Gasteiger partial charge in [0.15, 0.2) is 0 Å². The first kappa shape index (κ1) is 16.3. The molecule has 2 amide bonds. The molecular weight excluding hydrogens is 284 g/mol. The van der Waals surface area contributed by atoms with Crippen LogP contribution in [0.25, 0.3) is 0 Å². The van der Waals surface area contributed by atoms with Crippen LogP contribution in [0.4, 0.5) is 4.79 Å². The normalized spacial score (nSPS) is 18.5. The SMILES string of the molecule is C[C@H](NC(=O)OCc1ccccc1)C(=O)NC[C@H]1CCCO1. The standard InChI is InChI=1S/C16H22N2O4/c1-12(15(19)17-10-14-8-5-9-21-14)18-16(20)22-11-13-6-3-2-4-7-13/h2-4,6-7,12,14H,5,8-11H2,1H3,(H,17,19)(H,18,20)/t12-,14+/m0/s1. The summed E-state index contributed by atoms with van der Waals surface area (Å²) >= 11 is 0. The van der Waals surface area contributed by atoms with Crippen LogP contribution >= 0.6 is 0 Å². The summed E-state index contributed by atoms with van der Waals surface area (Å²) in [6, 6.07) is 8.72. The highest BCUT2D eigenvalue weighted by Crippen LogP contribution is 2.10. The predicted molar refractivity (Wildman–Crippen MR) is 81.2 cm³/mol. The van der Waals surface area contributed by atoms with Crippen LogP contribution in [0.2, 0.25) is 0 Å². The molecule has 0 aromatic heterocycles. The van der Waals surface area contributed by atoms with E-state index in [0.717, 1.165) is 25.0 Å². The van der Waals surface area contributed by atoms with Crippen LogP contribution in [0.15, 0.2) is 30.3 Å². The average Bonchev–Trinajstić information content (AvgIpc) is 3.05. The summed E-state index contributed by atoms with van der Waals surface area (Å²) in [5, 5.41) is 5.28. The van der Waals surface area contributed by atoms with E-state index in [4.69, 9.17) is 9.47 Å². The number of alkyl carbamates (subject to hydrolysis) is 1. The van der Waals surface area contributed by atoms with Crippen LogP contribution in [-0.4, -0.2) is 37.3 Å². The molecule has 0 spiro atoms. The Hall–Kier alpha value is -2.08. The number of ether oxygens (including phenoxy) is 2. The minimum atomic E-state index is -0.648. The van der Waals surface area contributed by atoms with E-state index in [1.165, 1.54) is 0 Å². The number of benzene rings is 1. The van der Waals surface area contributed by atoms with Gasteiger partial charge in [-0.2, -0.15) is 0 Å². The van der Waals surface area contributed by atoms with Gasteiger partial charge in [0.25, 0.3) is 0 Å². The Kier molecular flexibility index (Phi) is 6.21. The van der Waals surface area contributed by atoms with Crippen LogP contribution < -0.4 is 10.6 Å². The first-order chi connectivity index (χ1) is 10.6. The summed E-state index contributed by atoms with van der Waals surface area (Å²) in [5.41, 5.74) is 0.896. The molecule has 6 nitrogen and oxygen atoms in total. The van der Waals surface area contributed by atoms with Gasteiger partial charge >= 0.3 is 6.09 Å². The van der Waals surface area contributed by atoms with E-state index in [2.05, 4.69) is 10.6 Å². The maximum Gasteiger partial charge on any atom is 0.408 e. The van der Waals surface area contributed by atoms with E-state index < -0.39 is 12.1 Å². The molecule has 2 rings (SSSR count). The molecule has 120 valence electrons. The lowest BCUT2D eigenvalue weighted by molar-refractivity contribution is -0.123. The van der Waals surface area contributed by atoms with E-state index in [1.54, 1.807) is 6.92 Å². The molecule has 1 aliphatic heterocycles. The van der Waals surface area contributed by atoms with Gasteiger partial charge in [-0.25, -0.2) is 4.79 Å². The molecule has 1 heterocycles. The summed E-state index contributed by atoms with van der Waals surface area (Å²) in [4.78, 5) is 23.5. The quantitative estimate of drug-likeness (QED) is 0.837. The summed E-state index contributed by atoms with van der Waals surface area (Å²) in [5.74, 6) is -0.243. The van der Waals surface area contributed by atoms with Gasteiger partial charge in [-0.05, 0) is 25.3 Å². The Morgan fingerprint density at radius 2 is 2.14 bits per heavy atom. The molecule has 0 saturated carbocycles. The van der Waals surface area contributed by atoms with Crippen molar-refractivity contribution in [1.29, 1.82) is 0 Å². The summed E-state index contributed by atoms with van der Waals surface area (Å²) in [6.07, 6.45) is 1.46. The first-order valence-electron chi connectivity index (χ1n) is 7.51. The highest BCUT2D eigenvalue weighted by atomic mass is 16.5. The zero-order valence-electron chi connectivity index (χ0n) is 12.7. The van der Waals surface area contributed by atoms with Crippen LogP contribution in [0, 0.1) is 0 Å². The van der Waals surface area contributed by atoms with Crippen molar-refractivity contribution in [3.63, 3.8) is 0 Å². The van der Waals surface area contributed by atoms with Crippen molar-refractivity contribution in [2.45, 2.75) is 38.5 Å². The monoisotopic (exact) mass is 306 g/mol. The van der Waals surface area contributed by atoms with Gasteiger partial charge in [-0.1, -0.05) is 30.3 Å². The number of rotatable bonds is 6. The average molecular weight is 306 g/mol. The van der Waals surface area contributed by atoms with Crippen LogP contribution in [0.1, 0.15) is 25.3 Å². The number of hydrogen-bond donors (Lipinski definition) is 2. The van der Waals surface area contributed by atoms with Gasteiger partial charge in [0.1, 0.15) is 12.6 Å². The largest absolute Gasteiger partial charge is 0.445 e. The molecule has 2 atom stereocenters. The second-order valence-corrected chi connectivity index (χ2v) is 5.31. The van der Waals surface area contributed by atoms with Crippen LogP contribution in [-0.2, 0) is 20.9 Å². The molecule has 0 unspecified atom stereocenters. The highest BCUT2D eigenvalue weighted by Gasteiger charge is 2.20. The Morgan fingerprint density at radius 3 is 2.82 bits per heavy atom. The van der Waals surface area contributed by atoms with Crippen molar-refractivity contribution in [2.24, 2.45) is 0 Å². The van der Waals surface area contributed by atoms with E-state index in [-0.39, 0.29) is 18.6 Å². The molecule has 22 heavy (non-hydrogen) atoms. The fourth-order valence-corrected chi connectivity index (χ4v) is 2.18. The molecule has 6 heteroatoms. The van der Waals surface area contributed by atoms with Crippen LogP contribution in [0.5, 0.6) is 0 Å². The Labute approximate surface area is 130 Å². The predicted octanol–water partition coefficient (Wildman–Crippen LogP) is 1.60. The molecule has 2 N–H and O–H groups in total. The van der Waals surface area contributed by atoms with E-state index in [0.29, 0.717) is 6.54 Å². The Bertz CT molecular complexity index is 486. The fraction of sp³-hybridized carbons (Fsp3) is 0.500. The molecule has 1 aromatic rings. The fourth-order valence-electron chi connectivity index (χ4n) is 2.18. The smallest absolute Gasteiger partial charge is 0.408 e. The molecule has 1 saturated heterocycles. The van der Waals surface area contributed by atoms with Gasteiger partial charge in [0.2, 0.25) is 5.91 Å². The van der Waals surface area contributed by atoms with Crippen molar-refractivity contribution in [2.75, 3.05) is 13.2 Å². The van der Waals surface area contributed by atoms with E-state index in [1.807, 2.05) is 30.3 Å². The zero-order chi connectivity index (χ0) is 15.8. The van der Waals surface area contributed by atoms with Crippen molar-refractivity contribution in [3.05, 3.63) is 35.9 Å².